The molecule has 0 aromatic heterocycles. The summed E-state index contributed by atoms with van der Waals surface area (Å²) in [6.45, 7) is 1.21. The number of carbonyl (C=O) groups excluding carboxylic acids is 1. The van der Waals surface area contributed by atoms with E-state index in [0.717, 1.165) is 18.1 Å². The summed E-state index contributed by atoms with van der Waals surface area (Å²) in [6, 6.07) is 6.74. The highest BCUT2D eigenvalue weighted by atomic mass is 35.5. The lowest BCUT2D eigenvalue weighted by Gasteiger charge is -2.22. The van der Waals surface area contributed by atoms with Crippen molar-refractivity contribution in [1.29, 1.82) is 0 Å². The van der Waals surface area contributed by atoms with Gasteiger partial charge in [-0.1, -0.05) is 18.2 Å². The molecule has 1 atom stereocenters. The topological polar surface area (TPSA) is 41.1 Å². The minimum Gasteiger partial charge on any atom is -0.352 e. The van der Waals surface area contributed by atoms with Gasteiger partial charge in [-0.25, -0.2) is 4.39 Å². The second-order valence-electron chi connectivity index (χ2n) is 4.30. The summed E-state index contributed by atoms with van der Waals surface area (Å²) in [5, 5.41) is 6.06. The largest absolute Gasteiger partial charge is 0.352 e. The van der Waals surface area contributed by atoms with Crippen molar-refractivity contribution in [2.45, 2.75) is 19.0 Å². The highest BCUT2D eigenvalue weighted by Gasteiger charge is 2.16. The van der Waals surface area contributed by atoms with Gasteiger partial charge >= 0.3 is 0 Å². The monoisotopic (exact) mass is 304 g/mol. The van der Waals surface area contributed by atoms with Gasteiger partial charge in [0.25, 0.3) is 0 Å². The summed E-state index contributed by atoms with van der Waals surface area (Å²) in [6.07, 6.45) is 0.460. The number of hydrogen-bond acceptors (Lipinski definition) is 3. The SMILES string of the molecule is Cl.O=C(CC1CSCCN1)NCc1ccccc1F. The van der Waals surface area contributed by atoms with E-state index in [2.05, 4.69) is 10.6 Å². The van der Waals surface area contributed by atoms with Gasteiger partial charge in [-0.3, -0.25) is 4.79 Å². The number of carbonyl (C=O) groups is 1. The number of hydrogen-bond donors (Lipinski definition) is 2. The van der Waals surface area contributed by atoms with E-state index < -0.39 is 0 Å². The zero-order valence-corrected chi connectivity index (χ0v) is 12.2. The average Bonchev–Trinajstić information content (AvgIpc) is 2.39. The first-order valence-electron chi connectivity index (χ1n) is 6.07. The molecule has 6 heteroatoms. The maximum Gasteiger partial charge on any atom is 0.221 e. The van der Waals surface area contributed by atoms with E-state index >= 15 is 0 Å². The van der Waals surface area contributed by atoms with Crippen LogP contribution in [0.15, 0.2) is 24.3 Å². The van der Waals surface area contributed by atoms with Gasteiger partial charge < -0.3 is 10.6 Å². The van der Waals surface area contributed by atoms with Crippen LogP contribution in [0.5, 0.6) is 0 Å². The van der Waals surface area contributed by atoms with E-state index in [4.69, 9.17) is 0 Å². The Hall–Kier alpha value is -0.780. The Balaban J connectivity index is 0.00000180. The third-order valence-electron chi connectivity index (χ3n) is 2.86. The maximum absolute atomic E-state index is 13.3. The minimum absolute atomic E-state index is 0. The fourth-order valence-corrected chi connectivity index (χ4v) is 2.83. The second kappa shape index (κ2) is 8.40. The Bertz CT molecular complexity index is 413. The zero-order valence-electron chi connectivity index (χ0n) is 10.5. The van der Waals surface area contributed by atoms with Crippen molar-refractivity contribution >= 4 is 30.1 Å². The standard InChI is InChI=1S/C13H17FN2OS.ClH/c14-12-4-2-1-3-10(12)8-16-13(17)7-11-9-18-6-5-15-11;/h1-4,11,15H,5-9H2,(H,16,17);1H. The van der Waals surface area contributed by atoms with E-state index in [-0.39, 0.29) is 36.7 Å². The summed E-state index contributed by atoms with van der Waals surface area (Å²) >= 11 is 1.86. The Kier molecular flexibility index (Phi) is 7.20. The molecular formula is C13H18ClFN2OS. The molecule has 0 aliphatic carbocycles. The molecule has 1 heterocycles. The van der Waals surface area contributed by atoms with Gasteiger partial charge in [-0.05, 0) is 6.07 Å². The maximum atomic E-state index is 13.3. The number of halogens is 2. The van der Waals surface area contributed by atoms with E-state index in [9.17, 15) is 9.18 Å². The lowest BCUT2D eigenvalue weighted by atomic mass is 10.2. The van der Waals surface area contributed by atoms with E-state index in [1.807, 2.05) is 11.8 Å². The van der Waals surface area contributed by atoms with Crippen molar-refractivity contribution in [3.8, 4) is 0 Å². The highest BCUT2D eigenvalue weighted by molar-refractivity contribution is 7.99. The van der Waals surface area contributed by atoms with Gasteiger partial charge in [0.15, 0.2) is 0 Å². The summed E-state index contributed by atoms with van der Waals surface area (Å²) < 4.78 is 13.3. The molecule has 1 aliphatic heterocycles. The molecule has 0 spiro atoms. The van der Waals surface area contributed by atoms with Crippen LogP contribution < -0.4 is 10.6 Å². The van der Waals surface area contributed by atoms with Crippen molar-refractivity contribution in [2.24, 2.45) is 0 Å². The summed E-state index contributed by atoms with van der Waals surface area (Å²) in [5.41, 5.74) is 0.525. The van der Waals surface area contributed by atoms with Crippen molar-refractivity contribution in [1.82, 2.24) is 10.6 Å². The zero-order chi connectivity index (χ0) is 12.8. The summed E-state index contributed by atoms with van der Waals surface area (Å²) in [4.78, 5) is 11.7. The number of nitrogens with one attached hydrogen (secondary N) is 2. The van der Waals surface area contributed by atoms with Crippen LogP contribution in [0, 0.1) is 5.82 Å². The van der Waals surface area contributed by atoms with Crippen molar-refractivity contribution in [2.75, 3.05) is 18.1 Å². The third kappa shape index (κ3) is 5.38. The Morgan fingerprint density at radius 2 is 2.26 bits per heavy atom. The number of benzene rings is 1. The molecule has 0 bridgehead atoms. The van der Waals surface area contributed by atoms with Gasteiger partial charge in [0.05, 0.1) is 0 Å². The summed E-state index contributed by atoms with van der Waals surface area (Å²) in [7, 11) is 0. The predicted molar refractivity (Wildman–Crippen MR) is 79.2 cm³/mol. The van der Waals surface area contributed by atoms with Crippen LogP contribution in [0.2, 0.25) is 0 Å². The Morgan fingerprint density at radius 3 is 2.95 bits per heavy atom. The molecule has 2 N–H and O–H groups in total. The molecule has 1 aromatic carbocycles. The molecule has 1 amide bonds. The third-order valence-corrected chi connectivity index (χ3v) is 3.99. The fourth-order valence-electron chi connectivity index (χ4n) is 1.88. The van der Waals surface area contributed by atoms with Gasteiger partial charge in [-0.2, -0.15) is 11.8 Å². The lowest BCUT2D eigenvalue weighted by Crippen LogP contribution is -2.41. The molecule has 0 radical (unpaired) electrons. The molecule has 1 unspecified atom stereocenters. The quantitative estimate of drug-likeness (QED) is 0.893. The molecule has 1 aromatic rings. The molecule has 2 rings (SSSR count). The average molecular weight is 305 g/mol. The van der Waals surface area contributed by atoms with Gasteiger partial charge in [-0.15, -0.1) is 12.4 Å². The van der Waals surface area contributed by atoms with E-state index in [1.165, 1.54) is 6.07 Å². The molecule has 1 fully saturated rings. The van der Waals surface area contributed by atoms with Crippen LogP contribution >= 0.6 is 24.2 Å². The molecule has 3 nitrogen and oxygen atoms in total. The molecule has 1 saturated heterocycles. The lowest BCUT2D eigenvalue weighted by molar-refractivity contribution is -0.121. The van der Waals surface area contributed by atoms with E-state index in [0.29, 0.717) is 12.0 Å². The number of rotatable bonds is 4. The van der Waals surface area contributed by atoms with Crippen molar-refractivity contribution in [3.63, 3.8) is 0 Å². The van der Waals surface area contributed by atoms with Crippen LogP contribution in [0.4, 0.5) is 4.39 Å². The van der Waals surface area contributed by atoms with Gasteiger partial charge in [0.1, 0.15) is 5.82 Å². The fraction of sp³-hybridized carbons (Fsp3) is 0.462. The minimum atomic E-state index is -0.274. The van der Waals surface area contributed by atoms with E-state index in [1.54, 1.807) is 18.2 Å². The van der Waals surface area contributed by atoms with Crippen LogP contribution in [-0.4, -0.2) is 30.0 Å². The van der Waals surface area contributed by atoms with Crippen molar-refractivity contribution < 1.29 is 9.18 Å². The molecule has 1 aliphatic rings. The van der Waals surface area contributed by atoms with Crippen LogP contribution in [-0.2, 0) is 11.3 Å². The Morgan fingerprint density at radius 1 is 1.47 bits per heavy atom. The summed E-state index contributed by atoms with van der Waals surface area (Å²) in [5.74, 6) is 1.77. The Labute approximate surface area is 123 Å². The first kappa shape index (κ1) is 16.3. The van der Waals surface area contributed by atoms with Crippen LogP contribution in [0.25, 0.3) is 0 Å². The smallest absolute Gasteiger partial charge is 0.221 e. The first-order chi connectivity index (χ1) is 8.75. The normalized spacial score (nSPS) is 18.5. The molecule has 0 saturated carbocycles. The van der Waals surface area contributed by atoms with Crippen LogP contribution in [0.1, 0.15) is 12.0 Å². The first-order valence-corrected chi connectivity index (χ1v) is 7.22. The molecule has 106 valence electrons. The van der Waals surface area contributed by atoms with Gasteiger partial charge in [0.2, 0.25) is 5.91 Å². The number of thioether (sulfide) groups is 1. The van der Waals surface area contributed by atoms with Crippen LogP contribution in [0.3, 0.4) is 0 Å². The molecular weight excluding hydrogens is 287 g/mol. The van der Waals surface area contributed by atoms with Gasteiger partial charge in [0, 0.05) is 42.6 Å². The highest BCUT2D eigenvalue weighted by Crippen LogP contribution is 2.10. The second-order valence-corrected chi connectivity index (χ2v) is 5.45. The van der Waals surface area contributed by atoms with Crippen molar-refractivity contribution in [3.05, 3.63) is 35.6 Å². The predicted octanol–water partition coefficient (Wildman–Crippen LogP) is 1.96. The number of amides is 1. The molecule has 19 heavy (non-hydrogen) atoms.